The van der Waals surface area contributed by atoms with Gasteiger partial charge in [-0.05, 0) is 24.5 Å². The zero-order chi connectivity index (χ0) is 12.1. The van der Waals surface area contributed by atoms with Crippen LogP contribution < -0.4 is 5.32 Å². The number of nitrogens with zero attached hydrogens (tertiary/aromatic N) is 2. The van der Waals surface area contributed by atoms with Crippen molar-refractivity contribution < 1.29 is 0 Å². The SMILES string of the molecule is CCc1cc(NCc2ccccc2C)ncn1. The molecule has 0 saturated carbocycles. The third-order valence-corrected chi connectivity index (χ3v) is 2.81. The van der Waals surface area contributed by atoms with Crippen LogP contribution in [0.5, 0.6) is 0 Å². The third kappa shape index (κ3) is 3.03. The smallest absolute Gasteiger partial charge is 0.129 e. The van der Waals surface area contributed by atoms with Gasteiger partial charge in [0.05, 0.1) is 0 Å². The number of nitrogens with one attached hydrogen (secondary N) is 1. The van der Waals surface area contributed by atoms with E-state index in [0.717, 1.165) is 24.5 Å². The molecule has 88 valence electrons. The summed E-state index contributed by atoms with van der Waals surface area (Å²) in [5, 5.41) is 3.33. The minimum absolute atomic E-state index is 0.798. The molecule has 2 rings (SSSR count). The molecule has 0 unspecified atom stereocenters. The normalized spacial score (nSPS) is 10.2. The van der Waals surface area contributed by atoms with Crippen molar-refractivity contribution in [1.29, 1.82) is 0 Å². The molecular weight excluding hydrogens is 210 g/mol. The van der Waals surface area contributed by atoms with Crippen molar-refractivity contribution in [3.63, 3.8) is 0 Å². The lowest BCUT2D eigenvalue weighted by Crippen LogP contribution is -2.03. The summed E-state index contributed by atoms with van der Waals surface area (Å²) in [7, 11) is 0. The lowest BCUT2D eigenvalue weighted by molar-refractivity contribution is 0.985. The van der Waals surface area contributed by atoms with Crippen LogP contribution >= 0.6 is 0 Å². The van der Waals surface area contributed by atoms with Gasteiger partial charge in [-0.25, -0.2) is 9.97 Å². The first-order valence-corrected chi connectivity index (χ1v) is 5.89. The van der Waals surface area contributed by atoms with Gasteiger partial charge in [-0.3, -0.25) is 0 Å². The van der Waals surface area contributed by atoms with Crippen molar-refractivity contribution in [3.8, 4) is 0 Å². The second kappa shape index (κ2) is 5.43. The topological polar surface area (TPSA) is 37.8 Å². The Morgan fingerprint density at radius 3 is 2.76 bits per heavy atom. The van der Waals surface area contributed by atoms with E-state index < -0.39 is 0 Å². The molecule has 0 aliphatic carbocycles. The van der Waals surface area contributed by atoms with Gasteiger partial charge < -0.3 is 5.32 Å². The highest BCUT2D eigenvalue weighted by atomic mass is 15.0. The monoisotopic (exact) mass is 227 g/mol. The van der Waals surface area contributed by atoms with E-state index in [0.29, 0.717) is 0 Å². The molecule has 0 fully saturated rings. The highest BCUT2D eigenvalue weighted by molar-refractivity contribution is 5.37. The van der Waals surface area contributed by atoms with E-state index in [1.807, 2.05) is 6.07 Å². The van der Waals surface area contributed by atoms with E-state index in [2.05, 4.69) is 53.4 Å². The van der Waals surface area contributed by atoms with E-state index in [1.54, 1.807) is 6.33 Å². The zero-order valence-corrected chi connectivity index (χ0v) is 10.3. The minimum Gasteiger partial charge on any atom is -0.366 e. The van der Waals surface area contributed by atoms with Crippen LogP contribution in [0.4, 0.5) is 5.82 Å². The summed E-state index contributed by atoms with van der Waals surface area (Å²) >= 11 is 0. The molecule has 0 bridgehead atoms. The average molecular weight is 227 g/mol. The van der Waals surface area contributed by atoms with Crippen LogP contribution in [0.25, 0.3) is 0 Å². The molecule has 0 spiro atoms. The van der Waals surface area contributed by atoms with Gasteiger partial charge in [0.2, 0.25) is 0 Å². The van der Waals surface area contributed by atoms with E-state index >= 15 is 0 Å². The van der Waals surface area contributed by atoms with Crippen LogP contribution in [0.1, 0.15) is 23.7 Å². The molecule has 1 aromatic carbocycles. The Kier molecular flexibility index (Phi) is 3.70. The molecule has 0 radical (unpaired) electrons. The highest BCUT2D eigenvalue weighted by Gasteiger charge is 1.99. The summed E-state index contributed by atoms with van der Waals surface area (Å²) in [4.78, 5) is 8.39. The largest absolute Gasteiger partial charge is 0.366 e. The number of aromatic nitrogens is 2. The number of benzene rings is 1. The van der Waals surface area contributed by atoms with Crippen LogP contribution in [0.15, 0.2) is 36.7 Å². The summed E-state index contributed by atoms with van der Waals surface area (Å²) in [5.74, 6) is 0.889. The Morgan fingerprint density at radius 1 is 1.18 bits per heavy atom. The number of rotatable bonds is 4. The lowest BCUT2D eigenvalue weighted by Gasteiger charge is -2.08. The number of hydrogen-bond donors (Lipinski definition) is 1. The van der Waals surface area contributed by atoms with Crippen molar-refractivity contribution in [2.45, 2.75) is 26.8 Å². The number of hydrogen-bond acceptors (Lipinski definition) is 3. The van der Waals surface area contributed by atoms with E-state index in [4.69, 9.17) is 0 Å². The summed E-state index contributed by atoms with van der Waals surface area (Å²) in [6.45, 7) is 5.01. The minimum atomic E-state index is 0.798. The predicted molar refractivity (Wildman–Crippen MR) is 69.9 cm³/mol. The average Bonchev–Trinajstić information content (AvgIpc) is 2.38. The molecule has 17 heavy (non-hydrogen) atoms. The lowest BCUT2D eigenvalue weighted by atomic mass is 10.1. The fourth-order valence-electron chi connectivity index (χ4n) is 1.68. The third-order valence-electron chi connectivity index (χ3n) is 2.81. The molecule has 0 saturated heterocycles. The first-order valence-electron chi connectivity index (χ1n) is 5.89. The summed E-state index contributed by atoms with van der Waals surface area (Å²) < 4.78 is 0. The maximum atomic E-state index is 4.21. The van der Waals surface area contributed by atoms with Gasteiger partial charge in [0.1, 0.15) is 12.1 Å². The van der Waals surface area contributed by atoms with Gasteiger partial charge in [-0.2, -0.15) is 0 Å². The molecule has 0 aliphatic heterocycles. The predicted octanol–water partition coefficient (Wildman–Crippen LogP) is 2.96. The van der Waals surface area contributed by atoms with Gasteiger partial charge in [0.25, 0.3) is 0 Å². The first-order chi connectivity index (χ1) is 8.29. The molecule has 3 nitrogen and oxygen atoms in total. The molecule has 2 aromatic rings. The van der Waals surface area contributed by atoms with Gasteiger partial charge >= 0.3 is 0 Å². The van der Waals surface area contributed by atoms with Gasteiger partial charge in [-0.15, -0.1) is 0 Å². The van der Waals surface area contributed by atoms with Gasteiger partial charge in [0.15, 0.2) is 0 Å². The number of aryl methyl sites for hydroxylation is 2. The van der Waals surface area contributed by atoms with E-state index in [1.165, 1.54) is 11.1 Å². The second-order valence-corrected chi connectivity index (χ2v) is 4.03. The molecule has 0 atom stereocenters. The first kappa shape index (κ1) is 11.6. The Hall–Kier alpha value is -1.90. The maximum absolute atomic E-state index is 4.21. The van der Waals surface area contributed by atoms with Crippen LogP contribution in [-0.4, -0.2) is 9.97 Å². The van der Waals surface area contributed by atoms with Crippen molar-refractivity contribution in [1.82, 2.24) is 9.97 Å². The summed E-state index contributed by atoms with van der Waals surface area (Å²) in [6.07, 6.45) is 2.54. The van der Waals surface area contributed by atoms with Gasteiger partial charge in [-0.1, -0.05) is 31.2 Å². The van der Waals surface area contributed by atoms with Crippen LogP contribution in [0, 0.1) is 6.92 Å². The summed E-state index contributed by atoms with van der Waals surface area (Å²) in [5.41, 5.74) is 3.65. The molecule has 3 heteroatoms. The Bertz CT molecular complexity index is 494. The van der Waals surface area contributed by atoms with Gasteiger partial charge in [0, 0.05) is 18.3 Å². The Morgan fingerprint density at radius 2 is 2.00 bits per heavy atom. The summed E-state index contributed by atoms with van der Waals surface area (Å²) in [6, 6.07) is 10.4. The standard InChI is InChI=1S/C14H17N3/c1-3-13-8-14(17-10-16-13)15-9-12-7-5-4-6-11(12)2/h4-8,10H,3,9H2,1-2H3,(H,15,16,17). The van der Waals surface area contributed by atoms with Crippen molar-refractivity contribution >= 4 is 5.82 Å². The molecule has 1 N–H and O–H groups in total. The fourth-order valence-corrected chi connectivity index (χ4v) is 1.68. The maximum Gasteiger partial charge on any atom is 0.129 e. The highest BCUT2D eigenvalue weighted by Crippen LogP contribution is 2.10. The Balaban J connectivity index is 2.05. The fraction of sp³-hybridized carbons (Fsp3) is 0.286. The van der Waals surface area contributed by atoms with Crippen molar-refractivity contribution in [3.05, 3.63) is 53.5 Å². The molecule has 0 amide bonds. The molecule has 1 heterocycles. The van der Waals surface area contributed by atoms with Crippen LogP contribution in [-0.2, 0) is 13.0 Å². The molecule has 0 aliphatic rings. The number of anilines is 1. The van der Waals surface area contributed by atoms with Crippen molar-refractivity contribution in [2.24, 2.45) is 0 Å². The zero-order valence-electron chi connectivity index (χ0n) is 10.3. The van der Waals surface area contributed by atoms with Crippen LogP contribution in [0.2, 0.25) is 0 Å². The van der Waals surface area contributed by atoms with Crippen LogP contribution in [0.3, 0.4) is 0 Å². The van der Waals surface area contributed by atoms with E-state index in [9.17, 15) is 0 Å². The quantitative estimate of drug-likeness (QED) is 0.872. The molecule has 1 aromatic heterocycles. The Labute approximate surface area is 102 Å². The van der Waals surface area contributed by atoms with Crippen molar-refractivity contribution in [2.75, 3.05) is 5.32 Å². The van der Waals surface area contributed by atoms with E-state index in [-0.39, 0.29) is 0 Å². The second-order valence-electron chi connectivity index (χ2n) is 4.03. The molecular formula is C14H17N3.